The van der Waals surface area contributed by atoms with Crippen LogP contribution in [0.25, 0.3) is 0 Å². The predicted molar refractivity (Wildman–Crippen MR) is 78.7 cm³/mol. The van der Waals surface area contributed by atoms with Gasteiger partial charge in [0.1, 0.15) is 0 Å². The fourth-order valence-corrected chi connectivity index (χ4v) is 1.90. The number of unbranched alkanes of at least 4 members (excludes halogenated alkanes) is 7. The maximum absolute atomic E-state index is 11.0. The zero-order chi connectivity index (χ0) is 15.1. The Balaban J connectivity index is 3.17. The standard InChI is InChI=1S/C16H26O4/c1-3-19-15(17)13-11-9-7-5-6-8-10-12-14-16(18)20-4-2/h3-4H,1-2,5-14H2. The quantitative estimate of drug-likeness (QED) is 0.288. The highest BCUT2D eigenvalue weighted by atomic mass is 16.5. The van der Waals surface area contributed by atoms with Gasteiger partial charge in [-0.3, -0.25) is 9.59 Å². The van der Waals surface area contributed by atoms with Gasteiger partial charge in [0.05, 0.1) is 12.5 Å². The second kappa shape index (κ2) is 13.8. The van der Waals surface area contributed by atoms with Crippen LogP contribution in [0.3, 0.4) is 0 Å². The summed E-state index contributed by atoms with van der Waals surface area (Å²) in [5.41, 5.74) is 0. The van der Waals surface area contributed by atoms with Gasteiger partial charge < -0.3 is 9.47 Å². The molecule has 0 fully saturated rings. The van der Waals surface area contributed by atoms with E-state index in [1.54, 1.807) is 0 Å². The third kappa shape index (κ3) is 12.9. The van der Waals surface area contributed by atoms with Crippen molar-refractivity contribution < 1.29 is 19.1 Å². The predicted octanol–water partition coefficient (Wildman–Crippen LogP) is 4.26. The first kappa shape index (κ1) is 18.4. The summed E-state index contributed by atoms with van der Waals surface area (Å²) in [7, 11) is 0. The summed E-state index contributed by atoms with van der Waals surface area (Å²) in [5.74, 6) is -0.405. The Kier molecular flexibility index (Phi) is 12.7. The van der Waals surface area contributed by atoms with Crippen LogP contribution in [0.5, 0.6) is 0 Å². The number of hydrogen-bond donors (Lipinski definition) is 0. The Morgan fingerprint density at radius 3 is 1.25 bits per heavy atom. The molecule has 20 heavy (non-hydrogen) atoms. The maximum atomic E-state index is 11.0. The molecule has 0 aromatic heterocycles. The molecule has 4 nitrogen and oxygen atoms in total. The van der Waals surface area contributed by atoms with Gasteiger partial charge in [0, 0.05) is 12.8 Å². The molecule has 0 N–H and O–H groups in total. The molecular formula is C16H26O4. The summed E-state index contributed by atoms with van der Waals surface area (Å²) >= 11 is 0. The lowest BCUT2D eigenvalue weighted by Crippen LogP contribution is -1.98. The maximum Gasteiger partial charge on any atom is 0.310 e. The van der Waals surface area contributed by atoms with Crippen LogP contribution in [0.4, 0.5) is 0 Å². The van der Waals surface area contributed by atoms with Crippen LogP contribution >= 0.6 is 0 Å². The Morgan fingerprint density at radius 2 is 0.950 bits per heavy atom. The lowest BCUT2D eigenvalue weighted by molar-refractivity contribution is -0.139. The number of ether oxygens (including phenoxy) is 2. The van der Waals surface area contributed by atoms with Gasteiger partial charge in [-0.05, 0) is 12.8 Å². The summed E-state index contributed by atoms with van der Waals surface area (Å²) < 4.78 is 9.26. The van der Waals surface area contributed by atoms with Crippen molar-refractivity contribution in [1.29, 1.82) is 0 Å². The monoisotopic (exact) mass is 282 g/mol. The number of esters is 2. The first-order valence-corrected chi connectivity index (χ1v) is 7.31. The van der Waals surface area contributed by atoms with E-state index in [2.05, 4.69) is 22.6 Å². The van der Waals surface area contributed by atoms with Crippen LogP contribution < -0.4 is 0 Å². The zero-order valence-electron chi connectivity index (χ0n) is 12.3. The summed E-state index contributed by atoms with van der Waals surface area (Å²) in [6, 6.07) is 0. The van der Waals surface area contributed by atoms with Gasteiger partial charge in [-0.25, -0.2) is 0 Å². The average molecular weight is 282 g/mol. The molecular weight excluding hydrogens is 256 g/mol. The van der Waals surface area contributed by atoms with Gasteiger partial charge in [-0.15, -0.1) is 0 Å². The normalized spacial score (nSPS) is 9.80. The average Bonchev–Trinajstić information content (AvgIpc) is 2.41. The van der Waals surface area contributed by atoms with Crippen molar-refractivity contribution in [3.8, 4) is 0 Å². The number of carbonyl (C=O) groups is 2. The van der Waals surface area contributed by atoms with Crippen LogP contribution in [-0.4, -0.2) is 11.9 Å². The van der Waals surface area contributed by atoms with Crippen molar-refractivity contribution >= 4 is 11.9 Å². The number of carbonyl (C=O) groups excluding carboxylic acids is 2. The van der Waals surface area contributed by atoms with Gasteiger partial charge in [0.15, 0.2) is 0 Å². The van der Waals surface area contributed by atoms with Gasteiger partial charge in [-0.2, -0.15) is 0 Å². The molecule has 0 aliphatic heterocycles. The Bertz CT molecular complexity index is 267. The molecule has 0 atom stereocenters. The van der Waals surface area contributed by atoms with Crippen LogP contribution in [0.15, 0.2) is 25.7 Å². The highest BCUT2D eigenvalue weighted by Gasteiger charge is 2.01. The SMILES string of the molecule is C=COC(=O)CCCCCCCCCCC(=O)OC=C. The van der Waals surface area contributed by atoms with Gasteiger partial charge >= 0.3 is 11.9 Å². The van der Waals surface area contributed by atoms with Crippen molar-refractivity contribution in [2.75, 3.05) is 0 Å². The van der Waals surface area contributed by atoms with Crippen molar-refractivity contribution in [3.05, 3.63) is 25.7 Å². The van der Waals surface area contributed by atoms with E-state index < -0.39 is 0 Å². The van der Waals surface area contributed by atoms with Crippen molar-refractivity contribution in [2.24, 2.45) is 0 Å². The van der Waals surface area contributed by atoms with Crippen LogP contribution in [0.1, 0.15) is 64.2 Å². The molecule has 0 aromatic rings. The second-order valence-corrected chi connectivity index (χ2v) is 4.64. The molecule has 0 amide bonds. The summed E-state index contributed by atoms with van der Waals surface area (Å²) in [6.07, 6.45) is 11.8. The molecule has 0 saturated carbocycles. The summed E-state index contributed by atoms with van der Waals surface area (Å²) in [4.78, 5) is 22.0. The zero-order valence-corrected chi connectivity index (χ0v) is 12.3. The molecule has 0 spiro atoms. The highest BCUT2D eigenvalue weighted by molar-refractivity contribution is 5.70. The van der Waals surface area contributed by atoms with E-state index in [-0.39, 0.29) is 11.9 Å². The minimum atomic E-state index is -0.202. The number of rotatable bonds is 13. The fraction of sp³-hybridized carbons (Fsp3) is 0.625. The minimum Gasteiger partial charge on any atom is -0.435 e. The molecule has 4 heteroatoms. The summed E-state index contributed by atoms with van der Waals surface area (Å²) in [6.45, 7) is 6.68. The lowest BCUT2D eigenvalue weighted by Gasteiger charge is -2.02. The lowest BCUT2D eigenvalue weighted by atomic mass is 10.1. The second-order valence-electron chi connectivity index (χ2n) is 4.64. The summed E-state index contributed by atoms with van der Waals surface area (Å²) in [5, 5.41) is 0. The van der Waals surface area contributed by atoms with Crippen LogP contribution in [0, 0.1) is 0 Å². The molecule has 0 radical (unpaired) electrons. The molecule has 114 valence electrons. The van der Waals surface area contributed by atoms with E-state index in [1.807, 2.05) is 0 Å². The third-order valence-electron chi connectivity index (χ3n) is 2.94. The topological polar surface area (TPSA) is 52.6 Å². The molecule has 0 aliphatic carbocycles. The van der Waals surface area contributed by atoms with E-state index in [0.29, 0.717) is 12.8 Å². The van der Waals surface area contributed by atoms with E-state index >= 15 is 0 Å². The molecule has 0 rings (SSSR count). The molecule has 0 aliphatic rings. The highest BCUT2D eigenvalue weighted by Crippen LogP contribution is 2.11. The van der Waals surface area contributed by atoms with E-state index in [9.17, 15) is 9.59 Å². The van der Waals surface area contributed by atoms with Crippen LogP contribution in [0.2, 0.25) is 0 Å². The van der Waals surface area contributed by atoms with Gasteiger partial charge in [0.25, 0.3) is 0 Å². The van der Waals surface area contributed by atoms with E-state index in [4.69, 9.17) is 0 Å². The van der Waals surface area contributed by atoms with E-state index in [1.165, 1.54) is 25.4 Å². The van der Waals surface area contributed by atoms with Crippen LogP contribution in [-0.2, 0) is 19.1 Å². The smallest absolute Gasteiger partial charge is 0.310 e. The number of hydrogen-bond acceptors (Lipinski definition) is 4. The third-order valence-corrected chi connectivity index (χ3v) is 2.94. The van der Waals surface area contributed by atoms with Crippen molar-refractivity contribution in [1.82, 2.24) is 0 Å². The molecule has 0 aromatic carbocycles. The Labute approximate surface area is 121 Å². The first-order valence-electron chi connectivity index (χ1n) is 7.31. The molecule has 0 heterocycles. The van der Waals surface area contributed by atoms with E-state index in [0.717, 1.165) is 38.5 Å². The Hall–Kier alpha value is -1.58. The Morgan fingerprint density at radius 1 is 0.650 bits per heavy atom. The van der Waals surface area contributed by atoms with Gasteiger partial charge in [0.2, 0.25) is 0 Å². The molecule has 0 bridgehead atoms. The minimum absolute atomic E-state index is 0.202. The molecule has 0 saturated heterocycles. The van der Waals surface area contributed by atoms with Gasteiger partial charge in [-0.1, -0.05) is 51.7 Å². The molecule has 0 unspecified atom stereocenters. The fourth-order valence-electron chi connectivity index (χ4n) is 1.90. The van der Waals surface area contributed by atoms with Crippen molar-refractivity contribution in [3.63, 3.8) is 0 Å². The first-order chi connectivity index (χ1) is 9.70. The largest absolute Gasteiger partial charge is 0.435 e. The van der Waals surface area contributed by atoms with Crippen molar-refractivity contribution in [2.45, 2.75) is 64.2 Å².